The maximum Gasteiger partial charge on any atom is 0.400 e. The molecule has 0 aliphatic carbocycles. The van der Waals surface area contributed by atoms with Gasteiger partial charge in [-0.25, -0.2) is 8.37 Å². The molecular weight excluding hydrogens is 184 g/mol. The van der Waals surface area contributed by atoms with E-state index in [4.69, 9.17) is 4.74 Å². The fourth-order valence-corrected chi connectivity index (χ4v) is 1.87. The van der Waals surface area contributed by atoms with E-state index in [1.54, 1.807) is 0 Å². The summed E-state index contributed by atoms with van der Waals surface area (Å²) in [6.45, 7) is 0.477. The monoisotopic (exact) mass is 196 g/mol. The van der Waals surface area contributed by atoms with Crippen molar-refractivity contribution in [3.8, 4) is 0 Å². The topological polar surface area (TPSA) is 61.8 Å². The Morgan fingerprint density at radius 2 is 2.33 bits per heavy atom. The van der Waals surface area contributed by atoms with E-state index in [9.17, 15) is 8.42 Å². The first kappa shape index (κ1) is 9.91. The average molecular weight is 196 g/mol. The SMILES string of the molecule is COC[C@@H]1CCCOS(=O)(=O)O1. The second-order valence-corrected chi connectivity index (χ2v) is 3.79. The molecule has 1 heterocycles. The van der Waals surface area contributed by atoms with Gasteiger partial charge in [0.1, 0.15) is 6.10 Å². The molecule has 1 saturated heterocycles. The lowest BCUT2D eigenvalue weighted by atomic mass is 10.2. The van der Waals surface area contributed by atoms with Crippen LogP contribution < -0.4 is 0 Å². The number of rotatable bonds is 2. The van der Waals surface area contributed by atoms with Gasteiger partial charge in [-0.05, 0) is 12.8 Å². The van der Waals surface area contributed by atoms with Gasteiger partial charge < -0.3 is 4.74 Å². The van der Waals surface area contributed by atoms with Crippen LogP contribution in [0.5, 0.6) is 0 Å². The van der Waals surface area contributed by atoms with Crippen LogP contribution in [0.1, 0.15) is 12.8 Å². The molecule has 1 atom stereocenters. The van der Waals surface area contributed by atoms with Crippen LogP contribution in [0.4, 0.5) is 0 Å². The summed E-state index contributed by atoms with van der Waals surface area (Å²) in [5, 5.41) is 0. The van der Waals surface area contributed by atoms with Crippen molar-refractivity contribution in [3.63, 3.8) is 0 Å². The fraction of sp³-hybridized carbons (Fsp3) is 1.00. The molecule has 0 bridgehead atoms. The summed E-state index contributed by atoms with van der Waals surface area (Å²) in [6, 6.07) is 0. The van der Waals surface area contributed by atoms with Gasteiger partial charge in [-0.2, -0.15) is 8.42 Å². The standard InChI is InChI=1S/C6H12O5S/c1-9-5-6-3-2-4-10-12(7,8)11-6/h6H,2-5H2,1H3/t6-/m0/s1. The van der Waals surface area contributed by atoms with Crippen molar-refractivity contribution in [2.24, 2.45) is 0 Å². The summed E-state index contributed by atoms with van der Waals surface area (Å²) in [5.41, 5.74) is 0. The molecule has 1 rings (SSSR count). The molecule has 1 fully saturated rings. The molecule has 12 heavy (non-hydrogen) atoms. The van der Waals surface area contributed by atoms with E-state index in [1.807, 2.05) is 0 Å². The predicted molar refractivity (Wildman–Crippen MR) is 40.9 cm³/mol. The molecule has 0 unspecified atom stereocenters. The Morgan fingerprint density at radius 3 is 3.00 bits per heavy atom. The molecule has 0 radical (unpaired) electrons. The molecule has 0 aromatic heterocycles. The Bertz CT molecular complexity index is 222. The zero-order valence-corrected chi connectivity index (χ0v) is 7.67. The van der Waals surface area contributed by atoms with Crippen LogP contribution in [-0.2, 0) is 23.5 Å². The smallest absolute Gasteiger partial charge is 0.382 e. The van der Waals surface area contributed by atoms with Gasteiger partial charge in [0.25, 0.3) is 0 Å². The Kier molecular flexibility index (Phi) is 3.45. The van der Waals surface area contributed by atoms with E-state index >= 15 is 0 Å². The van der Waals surface area contributed by atoms with E-state index in [-0.39, 0.29) is 13.2 Å². The number of hydrogen-bond acceptors (Lipinski definition) is 5. The van der Waals surface area contributed by atoms with E-state index in [2.05, 4.69) is 8.37 Å². The van der Waals surface area contributed by atoms with Gasteiger partial charge in [-0.3, -0.25) is 0 Å². The largest absolute Gasteiger partial charge is 0.400 e. The van der Waals surface area contributed by atoms with Crippen molar-refractivity contribution in [2.45, 2.75) is 18.9 Å². The molecular formula is C6H12O5S. The van der Waals surface area contributed by atoms with E-state index in [0.29, 0.717) is 12.8 Å². The minimum Gasteiger partial charge on any atom is -0.382 e. The molecule has 1 aliphatic heterocycles. The maximum atomic E-state index is 10.9. The summed E-state index contributed by atoms with van der Waals surface area (Å²) in [4.78, 5) is 0. The molecule has 1 aliphatic rings. The lowest BCUT2D eigenvalue weighted by Crippen LogP contribution is -2.21. The molecule has 0 aromatic rings. The Hall–Kier alpha value is -0.170. The molecule has 0 aromatic carbocycles. The first-order valence-electron chi connectivity index (χ1n) is 3.70. The molecule has 0 N–H and O–H groups in total. The summed E-state index contributed by atoms with van der Waals surface area (Å²) in [7, 11) is -2.27. The third-order valence-corrected chi connectivity index (χ3v) is 2.47. The lowest BCUT2D eigenvalue weighted by molar-refractivity contribution is 0.0778. The van der Waals surface area contributed by atoms with Crippen molar-refractivity contribution in [2.75, 3.05) is 20.3 Å². The number of hydrogen-bond donors (Lipinski definition) is 0. The third kappa shape index (κ3) is 3.06. The normalized spacial score (nSPS) is 29.6. The van der Waals surface area contributed by atoms with E-state index < -0.39 is 16.5 Å². The zero-order chi connectivity index (χ0) is 9.03. The van der Waals surface area contributed by atoms with Gasteiger partial charge in [0.05, 0.1) is 13.2 Å². The maximum absolute atomic E-state index is 10.9. The van der Waals surface area contributed by atoms with Gasteiger partial charge in [-0.15, -0.1) is 0 Å². The van der Waals surface area contributed by atoms with Gasteiger partial charge in [0.2, 0.25) is 0 Å². The van der Waals surface area contributed by atoms with Crippen molar-refractivity contribution in [1.82, 2.24) is 0 Å². The highest BCUT2D eigenvalue weighted by Crippen LogP contribution is 2.13. The first-order valence-corrected chi connectivity index (χ1v) is 5.04. The van der Waals surface area contributed by atoms with Gasteiger partial charge in [0.15, 0.2) is 0 Å². The minimum absolute atomic E-state index is 0.197. The quantitative estimate of drug-likeness (QED) is 0.625. The summed E-state index contributed by atoms with van der Waals surface area (Å²) in [6.07, 6.45) is 0.919. The zero-order valence-electron chi connectivity index (χ0n) is 6.86. The van der Waals surface area contributed by atoms with E-state index in [0.717, 1.165) is 0 Å². The Balaban J connectivity index is 2.54. The molecule has 0 spiro atoms. The molecule has 0 amide bonds. The molecule has 72 valence electrons. The highest BCUT2D eigenvalue weighted by molar-refractivity contribution is 7.81. The van der Waals surface area contributed by atoms with Gasteiger partial charge >= 0.3 is 10.4 Å². The molecule has 6 heteroatoms. The van der Waals surface area contributed by atoms with Crippen molar-refractivity contribution >= 4 is 10.4 Å². The van der Waals surface area contributed by atoms with E-state index in [1.165, 1.54) is 7.11 Å². The minimum atomic E-state index is -3.77. The highest BCUT2D eigenvalue weighted by Gasteiger charge is 2.23. The third-order valence-electron chi connectivity index (χ3n) is 1.50. The summed E-state index contributed by atoms with van der Waals surface area (Å²) < 4.78 is 35.6. The average Bonchev–Trinajstić information content (AvgIpc) is 2.11. The van der Waals surface area contributed by atoms with Crippen molar-refractivity contribution in [3.05, 3.63) is 0 Å². The highest BCUT2D eigenvalue weighted by atomic mass is 32.3. The first-order chi connectivity index (χ1) is 5.64. The molecule has 0 saturated carbocycles. The Labute approximate surface area is 71.9 Å². The van der Waals surface area contributed by atoms with Crippen molar-refractivity contribution < 1.29 is 21.5 Å². The van der Waals surface area contributed by atoms with Crippen molar-refractivity contribution in [1.29, 1.82) is 0 Å². The van der Waals surface area contributed by atoms with Crippen LogP contribution in [0.15, 0.2) is 0 Å². The van der Waals surface area contributed by atoms with Crippen LogP contribution in [0, 0.1) is 0 Å². The number of methoxy groups -OCH3 is 1. The fourth-order valence-electron chi connectivity index (χ4n) is 1.01. The van der Waals surface area contributed by atoms with Crippen LogP contribution >= 0.6 is 0 Å². The number of ether oxygens (including phenoxy) is 1. The van der Waals surface area contributed by atoms with Crippen LogP contribution in [0.3, 0.4) is 0 Å². The lowest BCUT2D eigenvalue weighted by Gasteiger charge is -2.10. The predicted octanol–water partition coefficient (Wildman–Crippen LogP) is 0.0732. The summed E-state index contributed by atoms with van der Waals surface area (Å²) >= 11 is 0. The van der Waals surface area contributed by atoms with Crippen LogP contribution in [0.2, 0.25) is 0 Å². The second kappa shape index (κ2) is 4.18. The second-order valence-electron chi connectivity index (χ2n) is 2.55. The van der Waals surface area contributed by atoms with Crippen LogP contribution in [-0.4, -0.2) is 34.8 Å². The van der Waals surface area contributed by atoms with Gasteiger partial charge in [-0.1, -0.05) is 0 Å². The summed E-state index contributed by atoms with van der Waals surface area (Å²) in [5.74, 6) is 0. The van der Waals surface area contributed by atoms with Gasteiger partial charge in [0, 0.05) is 7.11 Å². The molecule has 5 nitrogen and oxygen atoms in total. The van der Waals surface area contributed by atoms with Crippen LogP contribution in [0.25, 0.3) is 0 Å². The Morgan fingerprint density at radius 1 is 1.58 bits per heavy atom.